The van der Waals surface area contributed by atoms with Gasteiger partial charge in [-0.15, -0.1) is 0 Å². The minimum atomic E-state index is 0.815. The monoisotopic (exact) mass is 190 g/mol. The largest absolute Gasteiger partial charge is 0.372 e. The molecule has 0 radical (unpaired) electrons. The Labute approximate surface area is 86.1 Å². The fourth-order valence-electron chi connectivity index (χ4n) is 2.09. The Hall–Kier alpha value is -0.820. The highest BCUT2D eigenvalue weighted by atomic mass is 16.5. The van der Waals surface area contributed by atoms with Crippen LogP contribution in [0.3, 0.4) is 0 Å². The Morgan fingerprint density at radius 3 is 2.93 bits per heavy atom. The number of fused-ring (bicyclic) bond motifs is 1. The van der Waals surface area contributed by atoms with Crippen molar-refractivity contribution in [1.29, 1.82) is 0 Å². The van der Waals surface area contributed by atoms with Crippen LogP contribution in [-0.4, -0.2) is 0 Å². The third-order valence-electron chi connectivity index (χ3n) is 2.95. The Bertz CT molecular complexity index is 328. The molecule has 0 aliphatic carbocycles. The average Bonchev–Trinajstić information content (AvgIpc) is 2.63. The number of benzene rings is 1. The van der Waals surface area contributed by atoms with Gasteiger partial charge in [-0.05, 0) is 42.0 Å². The van der Waals surface area contributed by atoms with Crippen LogP contribution in [0.25, 0.3) is 0 Å². The molecule has 0 bridgehead atoms. The van der Waals surface area contributed by atoms with E-state index in [9.17, 15) is 0 Å². The molecule has 1 aromatic rings. The lowest BCUT2D eigenvalue weighted by molar-refractivity contribution is 0.134. The minimum absolute atomic E-state index is 0.815. The van der Waals surface area contributed by atoms with Gasteiger partial charge >= 0.3 is 0 Å². The summed E-state index contributed by atoms with van der Waals surface area (Å²) in [7, 11) is 0. The molecule has 14 heavy (non-hydrogen) atoms. The van der Waals surface area contributed by atoms with Crippen LogP contribution in [0.15, 0.2) is 12.1 Å². The van der Waals surface area contributed by atoms with Crippen LogP contribution in [0.5, 0.6) is 0 Å². The first-order valence-corrected chi connectivity index (χ1v) is 5.50. The van der Waals surface area contributed by atoms with E-state index in [1.165, 1.54) is 41.5 Å². The molecule has 1 heteroatoms. The zero-order chi connectivity index (χ0) is 9.97. The third-order valence-corrected chi connectivity index (χ3v) is 2.95. The van der Waals surface area contributed by atoms with Gasteiger partial charge in [0.15, 0.2) is 0 Å². The molecule has 0 fully saturated rings. The standard InChI is InChI=1S/C13H18O/c1-3-4-5-11-6-10(2)13-9-14-8-12(13)7-11/h6-7H,3-5,8-9H2,1-2H3. The van der Waals surface area contributed by atoms with Crippen molar-refractivity contribution >= 4 is 0 Å². The van der Waals surface area contributed by atoms with Gasteiger partial charge < -0.3 is 4.74 Å². The van der Waals surface area contributed by atoms with E-state index >= 15 is 0 Å². The molecule has 0 atom stereocenters. The Kier molecular flexibility index (Phi) is 2.87. The average molecular weight is 190 g/mol. The van der Waals surface area contributed by atoms with E-state index in [0.717, 1.165) is 13.2 Å². The molecular weight excluding hydrogens is 172 g/mol. The fourth-order valence-corrected chi connectivity index (χ4v) is 2.09. The molecule has 2 rings (SSSR count). The maximum absolute atomic E-state index is 5.46. The summed E-state index contributed by atoms with van der Waals surface area (Å²) in [6, 6.07) is 4.65. The van der Waals surface area contributed by atoms with Gasteiger partial charge in [-0.25, -0.2) is 0 Å². The van der Waals surface area contributed by atoms with E-state index in [1.54, 1.807) is 0 Å². The van der Waals surface area contributed by atoms with Crippen LogP contribution in [0, 0.1) is 6.92 Å². The van der Waals surface area contributed by atoms with Gasteiger partial charge in [0.25, 0.3) is 0 Å². The maximum Gasteiger partial charge on any atom is 0.0727 e. The molecule has 1 aliphatic rings. The topological polar surface area (TPSA) is 9.23 Å². The molecule has 1 heterocycles. The van der Waals surface area contributed by atoms with Crippen LogP contribution >= 0.6 is 0 Å². The van der Waals surface area contributed by atoms with Crippen LogP contribution < -0.4 is 0 Å². The summed E-state index contributed by atoms with van der Waals surface area (Å²) in [4.78, 5) is 0. The molecule has 0 spiro atoms. The van der Waals surface area contributed by atoms with E-state index in [-0.39, 0.29) is 0 Å². The van der Waals surface area contributed by atoms with Crippen molar-refractivity contribution in [2.24, 2.45) is 0 Å². The predicted octanol–water partition coefficient (Wildman–Crippen LogP) is 3.37. The Balaban J connectivity index is 2.23. The van der Waals surface area contributed by atoms with Gasteiger partial charge in [-0.3, -0.25) is 0 Å². The molecule has 0 saturated carbocycles. The van der Waals surface area contributed by atoms with Crippen molar-refractivity contribution in [1.82, 2.24) is 0 Å². The smallest absolute Gasteiger partial charge is 0.0727 e. The normalized spacial score (nSPS) is 14.4. The minimum Gasteiger partial charge on any atom is -0.372 e. The lowest BCUT2D eigenvalue weighted by Gasteiger charge is -2.06. The molecule has 1 aliphatic heterocycles. The third kappa shape index (κ3) is 1.83. The number of ether oxygens (including phenoxy) is 1. The highest BCUT2D eigenvalue weighted by Gasteiger charge is 2.14. The first-order chi connectivity index (χ1) is 6.81. The Morgan fingerprint density at radius 2 is 2.14 bits per heavy atom. The zero-order valence-corrected chi connectivity index (χ0v) is 9.10. The van der Waals surface area contributed by atoms with Gasteiger partial charge in [-0.1, -0.05) is 25.5 Å². The van der Waals surface area contributed by atoms with E-state index in [4.69, 9.17) is 4.74 Å². The Morgan fingerprint density at radius 1 is 1.29 bits per heavy atom. The summed E-state index contributed by atoms with van der Waals surface area (Å²) in [5, 5.41) is 0. The zero-order valence-electron chi connectivity index (χ0n) is 9.10. The molecule has 0 saturated heterocycles. The second-order valence-electron chi connectivity index (χ2n) is 4.15. The molecule has 76 valence electrons. The van der Waals surface area contributed by atoms with Crippen LogP contribution in [0.1, 0.15) is 42.0 Å². The summed E-state index contributed by atoms with van der Waals surface area (Å²) >= 11 is 0. The number of unbranched alkanes of at least 4 members (excludes halogenated alkanes) is 1. The summed E-state index contributed by atoms with van der Waals surface area (Å²) < 4.78 is 5.46. The van der Waals surface area contributed by atoms with E-state index in [1.807, 2.05) is 0 Å². The highest BCUT2D eigenvalue weighted by molar-refractivity contribution is 5.39. The number of aryl methyl sites for hydroxylation is 2. The van der Waals surface area contributed by atoms with Crippen LogP contribution in [-0.2, 0) is 24.4 Å². The van der Waals surface area contributed by atoms with Gasteiger partial charge in [0, 0.05) is 0 Å². The molecule has 0 amide bonds. The molecule has 1 aromatic carbocycles. The molecular formula is C13H18O. The van der Waals surface area contributed by atoms with Gasteiger partial charge in [0.05, 0.1) is 13.2 Å². The van der Waals surface area contributed by atoms with Crippen molar-refractivity contribution in [3.8, 4) is 0 Å². The maximum atomic E-state index is 5.46. The van der Waals surface area contributed by atoms with Gasteiger partial charge in [0.2, 0.25) is 0 Å². The first kappa shape index (κ1) is 9.72. The van der Waals surface area contributed by atoms with E-state index < -0.39 is 0 Å². The van der Waals surface area contributed by atoms with Crippen molar-refractivity contribution in [3.05, 3.63) is 34.4 Å². The SMILES string of the molecule is CCCCc1cc(C)c2c(c1)COC2. The second kappa shape index (κ2) is 4.14. The van der Waals surface area contributed by atoms with Gasteiger partial charge in [0.1, 0.15) is 0 Å². The lowest BCUT2D eigenvalue weighted by atomic mass is 9.98. The van der Waals surface area contributed by atoms with Crippen molar-refractivity contribution in [3.63, 3.8) is 0 Å². The van der Waals surface area contributed by atoms with E-state index in [0.29, 0.717) is 0 Å². The summed E-state index contributed by atoms with van der Waals surface area (Å²) in [5.41, 5.74) is 5.72. The summed E-state index contributed by atoms with van der Waals surface area (Å²) in [6.45, 7) is 6.07. The highest BCUT2D eigenvalue weighted by Crippen LogP contribution is 2.25. The van der Waals surface area contributed by atoms with Gasteiger partial charge in [-0.2, -0.15) is 0 Å². The number of hydrogen-bond donors (Lipinski definition) is 0. The second-order valence-corrected chi connectivity index (χ2v) is 4.15. The number of rotatable bonds is 3. The molecule has 1 nitrogen and oxygen atoms in total. The predicted molar refractivity (Wildman–Crippen MR) is 58.3 cm³/mol. The van der Waals surface area contributed by atoms with Crippen LogP contribution in [0.2, 0.25) is 0 Å². The first-order valence-electron chi connectivity index (χ1n) is 5.50. The summed E-state index contributed by atoms with van der Waals surface area (Å²) in [5.74, 6) is 0. The van der Waals surface area contributed by atoms with Crippen molar-refractivity contribution in [2.45, 2.75) is 46.3 Å². The summed E-state index contributed by atoms with van der Waals surface area (Å²) in [6.07, 6.45) is 3.77. The molecule has 0 aromatic heterocycles. The van der Waals surface area contributed by atoms with Crippen molar-refractivity contribution < 1.29 is 4.74 Å². The van der Waals surface area contributed by atoms with Crippen molar-refractivity contribution in [2.75, 3.05) is 0 Å². The quantitative estimate of drug-likeness (QED) is 0.710. The molecule has 0 unspecified atom stereocenters. The van der Waals surface area contributed by atoms with E-state index in [2.05, 4.69) is 26.0 Å². The molecule has 0 N–H and O–H groups in total. The lowest BCUT2D eigenvalue weighted by Crippen LogP contribution is -1.93. The fraction of sp³-hybridized carbons (Fsp3) is 0.538. The van der Waals surface area contributed by atoms with Crippen LogP contribution in [0.4, 0.5) is 0 Å². The number of hydrogen-bond acceptors (Lipinski definition) is 1.